The van der Waals surface area contributed by atoms with Crippen molar-refractivity contribution >= 4 is 5.71 Å². The van der Waals surface area contributed by atoms with Crippen molar-refractivity contribution in [2.24, 2.45) is 10.9 Å². The second-order valence-corrected chi connectivity index (χ2v) is 2.98. The Balaban J connectivity index is 2.45. The lowest BCUT2D eigenvalue weighted by atomic mass is 9.98. The van der Waals surface area contributed by atoms with Crippen LogP contribution in [-0.4, -0.2) is 12.3 Å². The van der Waals surface area contributed by atoms with E-state index in [4.69, 9.17) is 5.26 Å². The number of rotatable bonds is 3. The van der Waals surface area contributed by atoms with E-state index in [1.54, 1.807) is 0 Å². The maximum absolute atomic E-state index is 8.41. The largest absolute Gasteiger partial charge is 0.286 e. The molecular formula is C11H14N2. The number of hydrogen-bond donors (Lipinski definition) is 0. The molecule has 2 nitrogen and oxygen atoms in total. The van der Waals surface area contributed by atoms with Crippen molar-refractivity contribution in [2.75, 3.05) is 6.54 Å². The number of nitrogens with zero attached hydrogens (tertiary/aromatic N) is 2. The van der Waals surface area contributed by atoms with E-state index in [1.807, 2.05) is 19.1 Å². The molecule has 13 heavy (non-hydrogen) atoms. The standard InChI is InChI=1S/C11H14N2/c1-2-13-11-7-5-10(6-8-11)4-3-9-12/h5-8,10H,2-4H2,1H3. The van der Waals surface area contributed by atoms with Crippen LogP contribution < -0.4 is 0 Å². The molecule has 0 saturated carbocycles. The molecule has 0 heterocycles. The van der Waals surface area contributed by atoms with E-state index in [0.29, 0.717) is 12.3 Å². The van der Waals surface area contributed by atoms with Crippen LogP contribution >= 0.6 is 0 Å². The van der Waals surface area contributed by atoms with Gasteiger partial charge in [0.25, 0.3) is 0 Å². The van der Waals surface area contributed by atoms with Gasteiger partial charge < -0.3 is 0 Å². The van der Waals surface area contributed by atoms with Gasteiger partial charge in [0.05, 0.1) is 11.8 Å². The summed E-state index contributed by atoms with van der Waals surface area (Å²) in [5.41, 5.74) is 1.04. The van der Waals surface area contributed by atoms with Crippen LogP contribution in [0.25, 0.3) is 0 Å². The average molecular weight is 174 g/mol. The maximum atomic E-state index is 8.41. The number of aliphatic imine (C=N–C) groups is 1. The van der Waals surface area contributed by atoms with Gasteiger partial charge in [0.15, 0.2) is 0 Å². The fraction of sp³-hybridized carbons (Fsp3) is 0.455. The van der Waals surface area contributed by atoms with Crippen LogP contribution in [0.15, 0.2) is 29.3 Å². The molecule has 1 aliphatic carbocycles. The van der Waals surface area contributed by atoms with Crippen molar-refractivity contribution in [1.29, 1.82) is 5.26 Å². The lowest BCUT2D eigenvalue weighted by Gasteiger charge is -2.08. The topological polar surface area (TPSA) is 36.1 Å². The van der Waals surface area contributed by atoms with Crippen LogP contribution in [0.5, 0.6) is 0 Å². The molecule has 1 rings (SSSR count). The van der Waals surface area contributed by atoms with Gasteiger partial charge in [-0.05, 0) is 31.4 Å². The molecule has 1 aliphatic rings. The van der Waals surface area contributed by atoms with Crippen LogP contribution in [0, 0.1) is 17.2 Å². The van der Waals surface area contributed by atoms with Crippen LogP contribution in [0.1, 0.15) is 19.8 Å². The van der Waals surface area contributed by atoms with Gasteiger partial charge in [0.1, 0.15) is 0 Å². The van der Waals surface area contributed by atoms with Crippen molar-refractivity contribution in [3.8, 4) is 6.07 Å². The molecule has 0 radical (unpaired) electrons. The van der Waals surface area contributed by atoms with Gasteiger partial charge in [-0.3, -0.25) is 4.99 Å². The first-order chi connectivity index (χ1) is 6.36. The number of hydrogen-bond acceptors (Lipinski definition) is 2. The number of allylic oxidation sites excluding steroid dienone is 4. The molecule has 0 atom stereocenters. The van der Waals surface area contributed by atoms with Gasteiger partial charge in [0.2, 0.25) is 0 Å². The third-order valence-corrected chi connectivity index (χ3v) is 1.96. The van der Waals surface area contributed by atoms with E-state index in [1.165, 1.54) is 0 Å². The molecule has 0 saturated heterocycles. The van der Waals surface area contributed by atoms with Crippen LogP contribution in [0.4, 0.5) is 0 Å². The first-order valence-electron chi connectivity index (χ1n) is 4.64. The minimum absolute atomic E-state index is 0.426. The molecule has 0 bridgehead atoms. The van der Waals surface area contributed by atoms with Crippen LogP contribution in [0.3, 0.4) is 0 Å². The maximum Gasteiger partial charge on any atom is 0.0622 e. The molecule has 0 fully saturated rings. The zero-order valence-corrected chi connectivity index (χ0v) is 7.90. The second kappa shape index (κ2) is 5.31. The molecule has 2 heteroatoms. The second-order valence-electron chi connectivity index (χ2n) is 2.98. The Morgan fingerprint density at radius 1 is 1.46 bits per heavy atom. The van der Waals surface area contributed by atoms with E-state index in [-0.39, 0.29) is 0 Å². The van der Waals surface area contributed by atoms with Gasteiger partial charge in [-0.15, -0.1) is 0 Å². The molecule has 0 spiro atoms. The van der Waals surface area contributed by atoms with E-state index in [2.05, 4.69) is 23.2 Å². The molecule has 0 aromatic heterocycles. The summed E-state index contributed by atoms with van der Waals surface area (Å²) in [5, 5.41) is 8.41. The van der Waals surface area contributed by atoms with E-state index < -0.39 is 0 Å². The Hall–Kier alpha value is -1.36. The van der Waals surface area contributed by atoms with Crippen molar-refractivity contribution in [1.82, 2.24) is 0 Å². The summed E-state index contributed by atoms with van der Waals surface area (Å²) in [7, 11) is 0. The summed E-state index contributed by atoms with van der Waals surface area (Å²) in [6.45, 7) is 2.85. The van der Waals surface area contributed by atoms with E-state index in [0.717, 1.165) is 18.7 Å². The lowest BCUT2D eigenvalue weighted by molar-refractivity contribution is 0.726. The summed E-state index contributed by atoms with van der Waals surface area (Å²) >= 11 is 0. The van der Waals surface area contributed by atoms with Gasteiger partial charge in [-0.1, -0.05) is 12.2 Å². The minimum Gasteiger partial charge on any atom is -0.286 e. The van der Waals surface area contributed by atoms with Crippen molar-refractivity contribution in [3.05, 3.63) is 24.3 Å². The molecule has 0 aromatic carbocycles. The Kier molecular flexibility index (Phi) is 3.98. The van der Waals surface area contributed by atoms with Gasteiger partial charge in [-0.25, -0.2) is 0 Å². The fourth-order valence-electron chi connectivity index (χ4n) is 1.28. The quantitative estimate of drug-likeness (QED) is 0.647. The van der Waals surface area contributed by atoms with Crippen molar-refractivity contribution in [2.45, 2.75) is 19.8 Å². The monoisotopic (exact) mass is 174 g/mol. The van der Waals surface area contributed by atoms with Crippen LogP contribution in [-0.2, 0) is 0 Å². The smallest absolute Gasteiger partial charge is 0.0622 e. The SMILES string of the molecule is CCN=C1C=CC(CCC#N)C=C1. The number of nitriles is 1. The van der Waals surface area contributed by atoms with Crippen LogP contribution in [0.2, 0.25) is 0 Å². The third kappa shape index (κ3) is 3.25. The van der Waals surface area contributed by atoms with Gasteiger partial charge >= 0.3 is 0 Å². The first kappa shape index (κ1) is 9.73. The molecular weight excluding hydrogens is 160 g/mol. The summed E-state index contributed by atoms with van der Waals surface area (Å²) in [5.74, 6) is 0.426. The lowest BCUT2D eigenvalue weighted by Crippen LogP contribution is -2.01. The molecule has 0 N–H and O–H groups in total. The van der Waals surface area contributed by atoms with E-state index >= 15 is 0 Å². The normalized spacial score (nSPS) is 20.0. The Bertz CT molecular complexity index is 263. The summed E-state index contributed by atoms with van der Waals surface area (Å²) in [6.07, 6.45) is 9.84. The highest BCUT2D eigenvalue weighted by atomic mass is 14.7. The molecule has 0 amide bonds. The molecule has 0 unspecified atom stereocenters. The summed E-state index contributed by atoms with van der Waals surface area (Å²) < 4.78 is 0. The highest BCUT2D eigenvalue weighted by Gasteiger charge is 2.04. The average Bonchev–Trinajstić information content (AvgIpc) is 2.17. The van der Waals surface area contributed by atoms with Gasteiger partial charge in [-0.2, -0.15) is 5.26 Å². The predicted octanol–water partition coefficient (Wildman–Crippen LogP) is 2.49. The summed E-state index contributed by atoms with van der Waals surface area (Å²) in [4.78, 5) is 4.28. The first-order valence-corrected chi connectivity index (χ1v) is 4.64. The van der Waals surface area contributed by atoms with E-state index in [9.17, 15) is 0 Å². The third-order valence-electron chi connectivity index (χ3n) is 1.96. The Labute approximate surface area is 79.3 Å². The Morgan fingerprint density at radius 3 is 2.69 bits per heavy atom. The highest BCUT2D eigenvalue weighted by Crippen LogP contribution is 2.13. The minimum atomic E-state index is 0.426. The molecule has 68 valence electrons. The Morgan fingerprint density at radius 2 is 2.15 bits per heavy atom. The highest BCUT2D eigenvalue weighted by molar-refractivity contribution is 6.04. The molecule has 0 aliphatic heterocycles. The predicted molar refractivity (Wildman–Crippen MR) is 54.6 cm³/mol. The summed E-state index contributed by atoms with van der Waals surface area (Å²) in [6, 6.07) is 2.15. The van der Waals surface area contributed by atoms with Gasteiger partial charge in [0, 0.05) is 13.0 Å². The van der Waals surface area contributed by atoms with Crippen molar-refractivity contribution in [3.63, 3.8) is 0 Å². The zero-order valence-electron chi connectivity index (χ0n) is 7.90. The molecule has 0 aromatic rings. The fourth-order valence-corrected chi connectivity index (χ4v) is 1.28. The van der Waals surface area contributed by atoms with Crippen molar-refractivity contribution < 1.29 is 0 Å². The zero-order chi connectivity index (χ0) is 9.52.